The Morgan fingerprint density at radius 2 is 2.43 bits per heavy atom. The number of aliphatic hydroxyl groups excluding tert-OH is 1. The summed E-state index contributed by atoms with van der Waals surface area (Å²) in [5.41, 5.74) is 1.57. The van der Waals surface area contributed by atoms with Gasteiger partial charge in [-0.25, -0.2) is 9.78 Å². The predicted molar refractivity (Wildman–Crippen MR) is 77.3 cm³/mol. The first-order valence-electron chi connectivity index (χ1n) is 6.89. The Labute approximate surface area is 122 Å². The first-order valence-corrected chi connectivity index (χ1v) is 6.89. The van der Waals surface area contributed by atoms with E-state index in [1.165, 1.54) is 7.11 Å². The van der Waals surface area contributed by atoms with Crippen LogP contribution < -0.4 is 10.2 Å². The monoisotopic (exact) mass is 290 g/mol. The number of alkyl carbamates (subject to hydrolysis) is 1. The predicted octanol–water partition coefficient (Wildman–Crippen LogP) is 0.761. The smallest absolute Gasteiger partial charge is 0.407 e. The molecule has 2 N–H and O–H groups in total. The summed E-state index contributed by atoms with van der Waals surface area (Å²) in [6.45, 7) is 1.36. The Hall–Kier alpha value is -2.28. The minimum Gasteiger partial charge on any atom is -0.453 e. The number of aliphatic hydroxyl groups is 1. The van der Waals surface area contributed by atoms with Crippen LogP contribution >= 0.6 is 0 Å². The van der Waals surface area contributed by atoms with Crippen molar-refractivity contribution in [2.24, 2.45) is 0 Å². The second-order valence-electron chi connectivity index (χ2n) is 5.04. The molecular weight excluding hydrogens is 272 g/mol. The van der Waals surface area contributed by atoms with Gasteiger partial charge in [-0.1, -0.05) is 6.07 Å². The minimum absolute atomic E-state index is 0.0359. The Bertz CT molecular complexity index is 655. The number of hydrogen-bond acceptors (Lipinski definition) is 5. The van der Waals surface area contributed by atoms with E-state index >= 15 is 0 Å². The third-order valence-electron chi connectivity index (χ3n) is 3.75. The third-order valence-corrected chi connectivity index (χ3v) is 3.75. The van der Waals surface area contributed by atoms with Gasteiger partial charge in [0.2, 0.25) is 0 Å². The Kier molecular flexibility index (Phi) is 3.66. The molecule has 3 rings (SSSR count). The quantitative estimate of drug-likeness (QED) is 0.872. The number of pyridine rings is 1. The summed E-state index contributed by atoms with van der Waals surface area (Å²) >= 11 is 0. The second-order valence-corrected chi connectivity index (χ2v) is 5.04. The summed E-state index contributed by atoms with van der Waals surface area (Å²) in [5.74, 6) is 0.776. The van der Waals surface area contributed by atoms with Crippen LogP contribution in [0.1, 0.15) is 12.1 Å². The van der Waals surface area contributed by atoms with Gasteiger partial charge in [-0.3, -0.25) is 4.40 Å². The Morgan fingerprint density at radius 3 is 3.19 bits per heavy atom. The standard InChI is InChI=1S/C14H18N4O3/c1-21-14(20)15-10-5-7-17(8-10)13-11(9-19)18-6-3-2-4-12(18)16-13/h2-4,6,10,19H,5,7-9H2,1H3,(H,15,20). The van der Waals surface area contributed by atoms with Crippen molar-refractivity contribution in [2.45, 2.75) is 19.1 Å². The van der Waals surface area contributed by atoms with Crippen molar-refractivity contribution in [3.63, 3.8) is 0 Å². The number of fused-ring (bicyclic) bond motifs is 1. The first-order chi connectivity index (χ1) is 10.2. The van der Waals surface area contributed by atoms with Crippen molar-refractivity contribution in [2.75, 3.05) is 25.1 Å². The molecule has 7 heteroatoms. The van der Waals surface area contributed by atoms with Gasteiger partial charge in [-0.15, -0.1) is 0 Å². The van der Waals surface area contributed by atoms with Crippen molar-refractivity contribution >= 4 is 17.6 Å². The number of hydrogen-bond donors (Lipinski definition) is 2. The van der Waals surface area contributed by atoms with Crippen LogP contribution in [0, 0.1) is 0 Å². The summed E-state index contributed by atoms with van der Waals surface area (Å²) in [7, 11) is 1.36. The third kappa shape index (κ3) is 2.52. The minimum atomic E-state index is -0.417. The van der Waals surface area contributed by atoms with E-state index in [0.29, 0.717) is 6.54 Å². The van der Waals surface area contributed by atoms with Gasteiger partial charge in [0.05, 0.1) is 25.5 Å². The van der Waals surface area contributed by atoms with E-state index in [1.807, 2.05) is 28.8 Å². The summed E-state index contributed by atoms with van der Waals surface area (Å²) in [6, 6.07) is 5.76. The van der Waals surface area contributed by atoms with Crippen LogP contribution in [-0.2, 0) is 11.3 Å². The van der Waals surface area contributed by atoms with Crippen molar-refractivity contribution < 1.29 is 14.6 Å². The maximum absolute atomic E-state index is 11.3. The molecule has 0 aromatic carbocycles. The highest BCUT2D eigenvalue weighted by molar-refractivity contribution is 5.67. The molecule has 2 aromatic rings. The molecule has 3 heterocycles. The van der Waals surface area contributed by atoms with E-state index in [-0.39, 0.29) is 12.6 Å². The number of ether oxygens (including phenoxy) is 1. The molecule has 7 nitrogen and oxygen atoms in total. The Balaban J connectivity index is 1.83. The summed E-state index contributed by atoms with van der Waals surface area (Å²) in [5, 5.41) is 12.4. The van der Waals surface area contributed by atoms with E-state index < -0.39 is 6.09 Å². The van der Waals surface area contributed by atoms with Gasteiger partial charge in [0.15, 0.2) is 5.82 Å². The van der Waals surface area contributed by atoms with Crippen molar-refractivity contribution in [1.29, 1.82) is 0 Å². The number of anilines is 1. The molecule has 0 saturated carbocycles. The van der Waals surface area contributed by atoms with Crippen LogP contribution in [0.4, 0.5) is 10.6 Å². The molecular formula is C14H18N4O3. The van der Waals surface area contributed by atoms with Crippen LogP contribution in [0.15, 0.2) is 24.4 Å². The van der Waals surface area contributed by atoms with Crippen molar-refractivity contribution in [3.05, 3.63) is 30.1 Å². The van der Waals surface area contributed by atoms with Crippen LogP contribution in [0.3, 0.4) is 0 Å². The van der Waals surface area contributed by atoms with E-state index in [2.05, 4.69) is 19.9 Å². The number of carbonyl (C=O) groups is 1. The zero-order valence-electron chi connectivity index (χ0n) is 11.8. The van der Waals surface area contributed by atoms with Gasteiger partial charge < -0.3 is 20.1 Å². The topological polar surface area (TPSA) is 79.1 Å². The molecule has 0 bridgehead atoms. The average molecular weight is 290 g/mol. The number of imidazole rings is 1. The molecule has 0 radical (unpaired) electrons. The van der Waals surface area contributed by atoms with Crippen molar-refractivity contribution in [3.8, 4) is 0 Å². The highest BCUT2D eigenvalue weighted by Gasteiger charge is 2.28. The Morgan fingerprint density at radius 1 is 1.57 bits per heavy atom. The van der Waals surface area contributed by atoms with Crippen LogP contribution in [0.25, 0.3) is 5.65 Å². The van der Waals surface area contributed by atoms with E-state index in [0.717, 1.165) is 30.1 Å². The number of aromatic nitrogens is 2. The molecule has 1 aliphatic rings. The molecule has 1 amide bonds. The summed E-state index contributed by atoms with van der Waals surface area (Å²) in [4.78, 5) is 17.9. The number of nitrogens with one attached hydrogen (secondary N) is 1. The lowest BCUT2D eigenvalue weighted by Crippen LogP contribution is -2.37. The number of amides is 1. The van der Waals surface area contributed by atoms with E-state index in [1.54, 1.807) is 0 Å². The lowest BCUT2D eigenvalue weighted by atomic mass is 10.3. The first kappa shape index (κ1) is 13.7. The molecule has 1 unspecified atom stereocenters. The zero-order chi connectivity index (χ0) is 14.8. The normalized spacial score (nSPS) is 18.2. The number of carbonyl (C=O) groups excluding carboxylic acids is 1. The summed E-state index contributed by atoms with van der Waals surface area (Å²) in [6.07, 6.45) is 2.30. The zero-order valence-corrected chi connectivity index (χ0v) is 11.8. The van der Waals surface area contributed by atoms with Gasteiger partial charge in [0.25, 0.3) is 0 Å². The lowest BCUT2D eigenvalue weighted by molar-refractivity contribution is 0.167. The van der Waals surface area contributed by atoms with Crippen molar-refractivity contribution in [1.82, 2.24) is 14.7 Å². The fourth-order valence-electron chi connectivity index (χ4n) is 2.73. The van der Waals surface area contributed by atoms with Crippen LogP contribution in [0.2, 0.25) is 0 Å². The van der Waals surface area contributed by atoms with Gasteiger partial charge >= 0.3 is 6.09 Å². The number of nitrogens with zero attached hydrogens (tertiary/aromatic N) is 3. The molecule has 1 fully saturated rings. The average Bonchev–Trinajstić information content (AvgIpc) is 3.10. The maximum Gasteiger partial charge on any atom is 0.407 e. The van der Waals surface area contributed by atoms with Gasteiger partial charge in [-0.2, -0.15) is 0 Å². The second kappa shape index (κ2) is 5.61. The van der Waals surface area contributed by atoms with Gasteiger partial charge in [0.1, 0.15) is 5.65 Å². The number of methoxy groups -OCH3 is 1. The van der Waals surface area contributed by atoms with E-state index in [4.69, 9.17) is 0 Å². The molecule has 1 saturated heterocycles. The molecule has 112 valence electrons. The number of rotatable bonds is 3. The largest absolute Gasteiger partial charge is 0.453 e. The highest BCUT2D eigenvalue weighted by atomic mass is 16.5. The van der Waals surface area contributed by atoms with Crippen LogP contribution in [-0.4, -0.2) is 46.8 Å². The fraction of sp³-hybridized carbons (Fsp3) is 0.429. The molecule has 0 aliphatic carbocycles. The molecule has 1 aliphatic heterocycles. The van der Waals surface area contributed by atoms with Gasteiger partial charge in [-0.05, 0) is 18.6 Å². The molecule has 0 spiro atoms. The lowest BCUT2D eigenvalue weighted by Gasteiger charge is -2.17. The SMILES string of the molecule is COC(=O)NC1CCN(c2nc3ccccn3c2CO)C1. The van der Waals surface area contributed by atoms with E-state index in [9.17, 15) is 9.90 Å². The summed E-state index contributed by atoms with van der Waals surface area (Å²) < 4.78 is 6.50. The fourth-order valence-corrected chi connectivity index (χ4v) is 2.73. The van der Waals surface area contributed by atoms with Crippen LogP contribution in [0.5, 0.6) is 0 Å². The van der Waals surface area contributed by atoms with Gasteiger partial charge in [0, 0.05) is 19.3 Å². The molecule has 21 heavy (non-hydrogen) atoms. The molecule has 2 aromatic heterocycles. The molecule has 1 atom stereocenters. The highest BCUT2D eigenvalue weighted by Crippen LogP contribution is 2.25. The maximum atomic E-state index is 11.3.